The summed E-state index contributed by atoms with van der Waals surface area (Å²) in [7, 11) is -1.56. The van der Waals surface area contributed by atoms with Crippen molar-refractivity contribution >= 4 is 81.7 Å². The molecule has 78 heavy (non-hydrogen) atoms. The first-order valence-electron chi connectivity index (χ1n) is 30.2. The molecule has 0 saturated heterocycles. The van der Waals surface area contributed by atoms with E-state index in [0.717, 1.165) is 43.6 Å². The maximum absolute atomic E-state index is 7.81. The Balaban J connectivity index is 1.20. The van der Waals surface area contributed by atoms with Crippen molar-refractivity contribution in [2.45, 2.75) is 225 Å². The summed E-state index contributed by atoms with van der Waals surface area (Å²) >= 11 is 0. The molecule has 4 aliphatic carbocycles. The molecular weight excluding hydrogens is 960 g/mol. The van der Waals surface area contributed by atoms with E-state index in [-0.39, 0.29) is 50.0 Å². The van der Waals surface area contributed by atoms with Crippen LogP contribution in [0.3, 0.4) is 0 Å². The van der Waals surface area contributed by atoms with E-state index in [9.17, 15) is 0 Å². The van der Waals surface area contributed by atoms with E-state index in [1.807, 2.05) is 0 Å². The van der Waals surface area contributed by atoms with Gasteiger partial charge in [0.2, 0.25) is 5.88 Å². The van der Waals surface area contributed by atoms with Gasteiger partial charge in [0.15, 0.2) is 0 Å². The van der Waals surface area contributed by atoms with Gasteiger partial charge in [-0.25, -0.2) is 0 Å². The summed E-state index contributed by atoms with van der Waals surface area (Å²) in [6.07, 6.45) is 9.33. The van der Waals surface area contributed by atoms with Gasteiger partial charge in [-0.1, -0.05) is 178 Å². The zero-order valence-corrected chi connectivity index (χ0v) is 52.3. The molecule has 0 bridgehead atoms. The number of hydrogen-bond donors (Lipinski definition) is 0. The topological polar surface area (TPSA) is 19.6 Å². The highest BCUT2D eigenvalue weighted by atomic mass is 28.3. The monoisotopic (exact) mass is 1050 g/mol. The molecule has 3 nitrogen and oxygen atoms in total. The summed E-state index contributed by atoms with van der Waals surface area (Å²) in [6.45, 7) is 47.0. The summed E-state index contributed by atoms with van der Waals surface area (Å²) in [5.74, 6) is 0.972. The van der Waals surface area contributed by atoms with Gasteiger partial charge in [0.05, 0.1) is 8.07 Å². The highest BCUT2D eigenvalue weighted by molar-refractivity contribution is 7.01. The molecule has 3 heterocycles. The molecule has 0 radical (unpaired) electrons. The molecule has 404 valence electrons. The van der Waals surface area contributed by atoms with Gasteiger partial charge in [-0.3, -0.25) is 4.90 Å². The Bertz CT molecular complexity index is 3700. The van der Waals surface area contributed by atoms with Crippen molar-refractivity contribution < 1.29 is 4.42 Å². The Labute approximate surface area is 471 Å². The number of nitrogens with zero attached hydrogens (tertiary/aromatic N) is 2. The number of benzene rings is 6. The van der Waals surface area contributed by atoms with E-state index in [1.54, 1.807) is 0 Å². The van der Waals surface area contributed by atoms with Crippen molar-refractivity contribution in [3.05, 3.63) is 142 Å². The number of fused-ring (bicyclic) bond motifs is 10. The van der Waals surface area contributed by atoms with Gasteiger partial charge in [-0.15, -0.1) is 0 Å². The molecule has 0 amide bonds. The Kier molecular flexibility index (Phi) is 10.8. The lowest BCUT2D eigenvalue weighted by Gasteiger charge is -2.47. The molecule has 6 aliphatic rings. The summed E-state index contributed by atoms with van der Waals surface area (Å²) < 4.78 is 7.81. The standard InChI is InChI=1S/C73H89BN2OSi/c1-66(2)28-30-68(5,6)52-38-46(22-26-50(52)66)75-59-42-56-55(71(11,12)33-34-72(56,13)14)41-58(59)74-63-49-40-54-57(73(15,16)35-32-70(54,9)10)43-62(49)77-65(63)76(47-23-27-51-53(39-47)69(7,8)31-29-67(51,3)4)61-37-45(36-60(75)64(61)74)44-20-24-48(25-21-44)78(17,18)19/h20-27,36-43H,28-35H2,1-19H3. The van der Waals surface area contributed by atoms with E-state index in [0.29, 0.717) is 0 Å². The van der Waals surface area contributed by atoms with Crippen LogP contribution >= 0.6 is 0 Å². The van der Waals surface area contributed by atoms with Crippen LogP contribution in [0, 0.1) is 0 Å². The first-order chi connectivity index (χ1) is 36.2. The van der Waals surface area contributed by atoms with Crippen LogP contribution in [0.4, 0.5) is 34.3 Å². The van der Waals surface area contributed by atoms with E-state index >= 15 is 0 Å². The number of furan rings is 1. The molecule has 0 saturated carbocycles. The molecule has 0 spiro atoms. The third kappa shape index (κ3) is 7.60. The second kappa shape index (κ2) is 16.2. The van der Waals surface area contributed by atoms with Gasteiger partial charge in [0, 0.05) is 39.3 Å². The lowest BCUT2D eigenvalue weighted by atomic mass is 9.33. The molecule has 7 aromatic rings. The van der Waals surface area contributed by atoms with Gasteiger partial charge in [0.1, 0.15) is 5.58 Å². The Morgan fingerprint density at radius 2 is 0.769 bits per heavy atom. The largest absolute Gasteiger partial charge is 0.440 e. The second-order valence-electron chi connectivity index (χ2n) is 32.1. The highest BCUT2D eigenvalue weighted by Crippen LogP contribution is 2.56. The third-order valence-electron chi connectivity index (χ3n) is 21.9. The smallest absolute Gasteiger partial charge is 0.257 e. The number of anilines is 6. The van der Waals surface area contributed by atoms with Crippen molar-refractivity contribution in [3.63, 3.8) is 0 Å². The fourth-order valence-electron chi connectivity index (χ4n) is 15.9. The Hall–Kier alpha value is -5.26. The summed E-state index contributed by atoms with van der Waals surface area (Å²) in [6, 6.07) is 40.5. The molecule has 2 aliphatic heterocycles. The molecule has 6 aromatic carbocycles. The highest BCUT2D eigenvalue weighted by Gasteiger charge is 2.51. The average molecular weight is 1050 g/mol. The predicted molar refractivity (Wildman–Crippen MR) is 340 cm³/mol. The van der Waals surface area contributed by atoms with Crippen LogP contribution in [0.1, 0.15) is 207 Å². The maximum atomic E-state index is 7.81. The van der Waals surface area contributed by atoms with Crippen molar-refractivity contribution in [3.8, 4) is 11.1 Å². The summed E-state index contributed by atoms with van der Waals surface area (Å²) in [5.41, 5.74) is 26.0. The average Bonchev–Trinajstić information content (AvgIpc) is 2.67. The molecule has 0 atom stereocenters. The zero-order chi connectivity index (χ0) is 55.6. The van der Waals surface area contributed by atoms with E-state index in [4.69, 9.17) is 4.42 Å². The minimum absolute atomic E-state index is 0.0154. The molecule has 5 heteroatoms. The van der Waals surface area contributed by atoms with Gasteiger partial charge in [-0.2, -0.15) is 0 Å². The fourth-order valence-corrected chi connectivity index (χ4v) is 17.1. The van der Waals surface area contributed by atoms with Crippen molar-refractivity contribution in [2.24, 2.45) is 0 Å². The van der Waals surface area contributed by atoms with Crippen LogP contribution in [0.5, 0.6) is 0 Å². The van der Waals surface area contributed by atoms with Crippen LogP contribution in [-0.2, 0) is 43.3 Å². The van der Waals surface area contributed by atoms with E-state index in [2.05, 4.69) is 237 Å². The summed E-state index contributed by atoms with van der Waals surface area (Å²) in [5, 5.41) is 2.75. The molecule has 0 unspecified atom stereocenters. The van der Waals surface area contributed by atoms with Crippen LogP contribution < -0.4 is 31.4 Å². The zero-order valence-electron chi connectivity index (χ0n) is 51.3. The Morgan fingerprint density at radius 3 is 1.24 bits per heavy atom. The molecule has 0 fully saturated rings. The Morgan fingerprint density at radius 1 is 0.372 bits per heavy atom. The molecule has 0 N–H and O–H groups in total. The fraction of sp³-hybridized carbons (Fsp3) is 0.479. The van der Waals surface area contributed by atoms with Crippen molar-refractivity contribution in [1.29, 1.82) is 0 Å². The van der Waals surface area contributed by atoms with E-state index < -0.39 is 8.07 Å². The lowest BCUT2D eigenvalue weighted by Crippen LogP contribution is -2.61. The van der Waals surface area contributed by atoms with Gasteiger partial charge in [0.25, 0.3) is 6.71 Å². The van der Waals surface area contributed by atoms with Crippen LogP contribution in [0.25, 0.3) is 22.1 Å². The minimum Gasteiger partial charge on any atom is -0.440 e. The van der Waals surface area contributed by atoms with Crippen molar-refractivity contribution in [2.75, 3.05) is 9.80 Å². The quantitative estimate of drug-likeness (QED) is 0.164. The van der Waals surface area contributed by atoms with Gasteiger partial charge in [-0.05, 0) is 216 Å². The summed E-state index contributed by atoms with van der Waals surface area (Å²) in [4.78, 5) is 5.35. The normalized spacial score (nSPS) is 21.9. The van der Waals surface area contributed by atoms with Crippen molar-refractivity contribution in [1.82, 2.24) is 0 Å². The van der Waals surface area contributed by atoms with Gasteiger partial charge >= 0.3 is 0 Å². The molecule has 13 rings (SSSR count). The van der Waals surface area contributed by atoms with Crippen LogP contribution in [-0.4, -0.2) is 14.8 Å². The van der Waals surface area contributed by atoms with Crippen LogP contribution in [0.2, 0.25) is 19.6 Å². The van der Waals surface area contributed by atoms with E-state index in [1.165, 1.54) is 130 Å². The maximum Gasteiger partial charge on any atom is 0.257 e. The first-order valence-corrected chi connectivity index (χ1v) is 33.7. The third-order valence-corrected chi connectivity index (χ3v) is 24.0. The second-order valence-corrected chi connectivity index (χ2v) is 37.1. The lowest BCUT2D eigenvalue weighted by molar-refractivity contribution is 0.332. The predicted octanol–water partition coefficient (Wildman–Crippen LogP) is 18.1. The van der Waals surface area contributed by atoms with Crippen LogP contribution in [0.15, 0.2) is 101 Å². The SMILES string of the molecule is CC1(C)CCC(C)(C)c2cc(N3c4cc5c(cc4B4c6c3cc(-c3ccc([Si](C)(C)C)cc3)cc6N(c3ccc6c(c3)C(C)(C)CCC6(C)C)c3oc6cc7c(cc6c34)C(C)(C)CCC7(C)C)C(C)(C)CCC5(C)C)ccc21. The number of rotatable bonds is 4. The molecule has 1 aromatic heterocycles. The number of hydrogen-bond acceptors (Lipinski definition) is 3. The molecular formula is C73H89BN2OSi. The minimum atomic E-state index is -1.56. The van der Waals surface area contributed by atoms with Gasteiger partial charge < -0.3 is 9.32 Å². The first kappa shape index (κ1) is 52.1.